The van der Waals surface area contributed by atoms with E-state index in [1.54, 1.807) is 6.92 Å². The zero-order chi connectivity index (χ0) is 17.5. The molecule has 8 nitrogen and oxygen atoms in total. The van der Waals surface area contributed by atoms with Crippen LogP contribution in [0.15, 0.2) is 11.3 Å². The number of hydrogen-bond acceptors (Lipinski definition) is 7. The van der Waals surface area contributed by atoms with Crippen LogP contribution < -0.4 is 5.32 Å². The van der Waals surface area contributed by atoms with Crippen molar-refractivity contribution in [1.82, 2.24) is 10.2 Å². The van der Waals surface area contributed by atoms with E-state index in [1.165, 1.54) is 23.8 Å². The molecular weight excluding hydrogens is 412 g/mol. The summed E-state index contributed by atoms with van der Waals surface area (Å²) >= 11 is 4.18. The zero-order valence-electron chi connectivity index (χ0n) is 12.5. The summed E-state index contributed by atoms with van der Waals surface area (Å²) in [6.45, 7) is 1.73. The summed E-state index contributed by atoms with van der Waals surface area (Å²) < 4.78 is 26.0. The average Bonchev–Trinajstić information content (AvgIpc) is 2.49. The van der Waals surface area contributed by atoms with Crippen LogP contribution >= 0.6 is 27.7 Å². The van der Waals surface area contributed by atoms with Crippen LogP contribution in [0.25, 0.3) is 0 Å². The molecule has 1 fully saturated rings. The van der Waals surface area contributed by atoms with Crippen LogP contribution in [0.2, 0.25) is 0 Å². The molecule has 2 aliphatic heterocycles. The highest BCUT2D eigenvalue weighted by Crippen LogP contribution is 2.40. The lowest BCUT2D eigenvalue weighted by molar-refractivity contribution is -0.151. The minimum Gasteiger partial charge on any atom is -0.464 e. The Hall–Kier alpha value is -1.07. The fourth-order valence-electron chi connectivity index (χ4n) is 2.27. The Morgan fingerprint density at radius 2 is 2.09 bits per heavy atom. The second-order valence-corrected chi connectivity index (χ2v) is 9.92. The van der Waals surface area contributed by atoms with Crippen molar-refractivity contribution in [2.75, 3.05) is 19.1 Å². The van der Waals surface area contributed by atoms with Crippen LogP contribution in [0.1, 0.15) is 6.92 Å². The number of β-lactam (4-membered cyclic amide) rings is 1. The molecule has 0 aromatic carbocycles. The molecule has 0 aromatic heterocycles. The van der Waals surface area contributed by atoms with Crippen LogP contribution in [0.3, 0.4) is 0 Å². The molecule has 11 heteroatoms. The molecule has 2 aliphatic rings. The maximum Gasteiger partial charge on any atom is 0.354 e. The van der Waals surface area contributed by atoms with Crippen LogP contribution in [0.5, 0.6) is 0 Å². The summed E-state index contributed by atoms with van der Waals surface area (Å²) in [5.74, 6) is -1.38. The van der Waals surface area contributed by atoms with Gasteiger partial charge >= 0.3 is 5.97 Å². The molecule has 128 valence electrons. The van der Waals surface area contributed by atoms with Crippen molar-refractivity contribution in [1.29, 1.82) is 0 Å². The van der Waals surface area contributed by atoms with Crippen molar-refractivity contribution >= 4 is 55.3 Å². The average molecular weight is 427 g/mol. The van der Waals surface area contributed by atoms with Gasteiger partial charge in [-0.3, -0.25) is 14.5 Å². The fraction of sp³-hybridized carbons (Fsp3) is 0.583. The van der Waals surface area contributed by atoms with Crippen LogP contribution in [-0.2, 0) is 29.0 Å². The Kier molecular flexibility index (Phi) is 5.12. The van der Waals surface area contributed by atoms with E-state index in [2.05, 4.69) is 26.0 Å². The number of alkyl halides is 1. The fourth-order valence-corrected chi connectivity index (χ4v) is 4.15. The predicted molar refractivity (Wildman–Crippen MR) is 87.3 cm³/mol. The predicted octanol–water partition coefficient (Wildman–Crippen LogP) is -0.401. The number of hydrogen-bond donors (Lipinski definition) is 1. The number of thioether (sulfide) groups is 1. The molecule has 0 radical (unpaired) electrons. The second kappa shape index (κ2) is 6.44. The number of halogens is 1. The van der Waals surface area contributed by atoms with Gasteiger partial charge in [0.15, 0.2) is 14.0 Å². The van der Waals surface area contributed by atoms with E-state index >= 15 is 0 Å². The molecule has 0 aliphatic carbocycles. The molecule has 2 heterocycles. The van der Waals surface area contributed by atoms with Gasteiger partial charge in [0.25, 0.3) is 5.91 Å². The van der Waals surface area contributed by atoms with Crippen LogP contribution in [-0.4, -0.2) is 65.8 Å². The Morgan fingerprint density at radius 3 is 2.61 bits per heavy atom. The summed E-state index contributed by atoms with van der Waals surface area (Å²) in [6, 6.07) is -0.873. The second-order valence-electron chi connectivity index (χ2n) is 5.16. The van der Waals surface area contributed by atoms with E-state index < -0.39 is 43.2 Å². The molecule has 3 atom stereocenters. The molecule has 23 heavy (non-hydrogen) atoms. The molecule has 1 saturated heterocycles. The first-order chi connectivity index (χ1) is 10.6. The number of sulfone groups is 1. The zero-order valence-corrected chi connectivity index (χ0v) is 15.7. The summed E-state index contributed by atoms with van der Waals surface area (Å²) in [4.78, 5) is 37.3. The van der Waals surface area contributed by atoms with Crippen molar-refractivity contribution in [3.05, 3.63) is 11.3 Å². The van der Waals surface area contributed by atoms with E-state index in [0.29, 0.717) is 11.3 Å². The molecule has 2 amide bonds. The first-order valence-corrected chi connectivity index (χ1v) is 10.4. The Balaban J connectivity index is 2.15. The van der Waals surface area contributed by atoms with Gasteiger partial charge < -0.3 is 10.1 Å². The number of ether oxygens (including phenoxy) is 1. The minimum atomic E-state index is -3.63. The number of fused-ring (bicyclic) bond motifs is 1. The van der Waals surface area contributed by atoms with Gasteiger partial charge in [-0.25, -0.2) is 13.2 Å². The van der Waals surface area contributed by atoms with Gasteiger partial charge in [0.1, 0.15) is 17.1 Å². The first kappa shape index (κ1) is 18.3. The number of carbonyl (C=O) groups is 3. The lowest BCUT2D eigenvalue weighted by Gasteiger charge is -2.49. The number of nitrogens with one attached hydrogen (secondary N) is 1. The number of esters is 1. The summed E-state index contributed by atoms with van der Waals surface area (Å²) in [5, 5.41) is 1.96. The third kappa shape index (κ3) is 3.26. The summed E-state index contributed by atoms with van der Waals surface area (Å²) in [6.07, 6.45) is 0.914. The van der Waals surface area contributed by atoms with Gasteiger partial charge in [0.2, 0.25) is 5.91 Å². The topological polar surface area (TPSA) is 110 Å². The third-order valence-electron chi connectivity index (χ3n) is 3.42. The highest BCUT2D eigenvalue weighted by molar-refractivity contribution is 9.11. The highest BCUT2D eigenvalue weighted by atomic mass is 79.9. The molecule has 2 unspecified atom stereocenters. The number of carbonyl (C=O) groups excluding carboxylic acids is 3. The maximum absolute atomic E-state index is 12.3. The third-order valence-corrected chi connectivity index (χ3v) is 8.26. The molecular formula is C12H15BrN2O6S2. The Labute approximate surface area is 146 Å². The highest BCUT2D eigenvalue weighted by Gasteiger charge is 2.54. The van der Waals surface area contributed by atoms with Crippen molar-refractivity contribution in [2.24, 2.45) is 0 Å². The Morgan fingerprint density at radius 1 is 1.48 bits per heavy atom. The monoisotopic (exact) mass is 426 g/mol. The van der Waals surface area contributed by atoms with Crippen molar-refractivity contribution < 1.29 is 27.5 Å². The number of rotatable bonds is 4. The molecule has 0 spiro atoms. The van der Waals surface area contributed by atoms with E-state index in [-0.39, 0.29) is 5.70 Å². The van der Waals surface area contributed by atoms with Crippen molar-refractivity contribution in [2.45, 2.75) is 22.5 Å². The summed E-state index contributed by atoms with van der Waals surface area (Å²) in [5.41, 5.74) is 0.899. The smallest absolute Gasteiger partial charge is 0.354 e. The van der Waals surface area contributed by atoms with Gasteiger partial charge in [-0.1, -0.05) is 15.9 Å². The normalized spacial score (nSPS) is 25.4. The molecule has 0 saturated carbocycles. The number of amides is 2. The number of methoxy groups -OCH3 is 1. The maximum atomic E-state index is 12.3. The van der Waals surface area contributed by atoms with Gasteiger partial charge in [0.05, 0.1) is 7.11 Å². The first-order valence-electron chi connectivity index (χ1n) is 6.45. The molecule has 0 aromatic rings. The van der Waals surface area contributed by atoms with E-state index in [0.717, 1.165) is 6.26 Å². The largest absolute Gasteiger partial charge is 0.464 e. The van der Waals surface area contributed by atoms with E-state index in [9.17, 15) is 22.8 Å². The lowest BCUT2D eigenvalue weighted by atomic mass is 10.0. The quantitative estimate of drug-likeness (QED) is 0.369. The lowest BCUT2D eigenvalue weighted by Crippen LogP contribution is -2.71. The van der Waals surface area contributed by atoms with E-state index in [1.807, 2.05) is 0 Å². The van der Waals surface area contributed by atoms with E-state index in [4.69, 9.17) is 0 Å². The molecule has 0 bridgehead atoms. The van der Waals surface area contributed by atoms with Crippen molar-refractivity contribution in [3.8, 4) is 0 Å². The molecule has 2 rings (SSSR count). The molecule has 1 N–H and O–H groups in total. The van der Waals surface area contributed by atoms with Gasteiger partial charge in [-0.2, -0.15) is 0 Å². The Bertz CT molecular complexity index is 704. The number of nitrogens with zero attached hydrogens (tertiary/aromatic N) is 1. The van der Waals surface area contributed by atoms with Gasteiger partial charge in [-0.05, 0) is 12.5 Å². The van der Waals surface area contributed by atoms with Crippen molar-refractivity contribution in [3.63, 3.8) is 0 Å². The standard InChI is InChI=1S/C12H15BrN2O6S2/c1-5-4-22-11-6(14-9(16)8(13)23(3,19)20)10(17)15(11)7(5)12(18)21-2/h6,8,11H,4H2,1-3H3,(H,14,16)/t6?,8?,11-/m0/s1. The SMILES string of the molecule is COC(=O)C1=C(C)CS[C@H]2C(NC(=O)C(Br)S(C)(=O)=O)C(=O)N12. The minimum absolute atomic E-state index is 0.185. The van der Waals surface area contributed by atoms with Crippen LogP contribution in [0, 0.1) is 0 Å². The van der Waals surface area contributed by atoms with Gasteiger partial charge in [-0.15, -0.1) is 11.8 Å². The summed E-state index contributed by atoms with van der Waals surface area (Å²) in [7, 11) is -2.40. The van der Waals surface area contributed by atoms with Crippen LogP contribution in [0.4, 0.5) is 0 Å². The van der Waals surface area contributed by atoms with Gasteiger partial charge in [0, 0.05) is 12.0 Å².